The summed E-state index contributed by atoms with van der Waals surface area (Å²) in [7, 11) is 0. The molecule has 0 saturated carbocycles. The summed E-state index contributed by atoms with van der Waals surface area (Å²) in [4.78, 5) is 4.18. The minimum atomic E-state index is 1.03. The van der Waals surface area contributed by atoms with Gasteiger partial charge in [-0.05, 0) is 19.6 Å². The van der Waals surface area contributed by atoms with Gasteiger partial charge in [-0.1, -0.05) is 45.4 Å². The van der Waals surface area contributed by atoms with Crippen LogP contribution >= 0.6 is 0 Å². The maximum absolute atomic E-state index is 4.18. The van der Waals surface area contributed by atoms with Gasteiger partial charge in [-0.25, -0.2) is 0 Å². The molecule has 0 aromatic carbocycles. The van der Waals surface area contributed by atoms with Crippen LogP contribution < -0.4 is 0 Å². The number of unbranched alkanes of at least 4 members (excludes halogenated alkanes) is 6. The Morgan fingerprint density at radius 2 is 1.50 bits per heavy atom. The monoisotopic (exact) mass is 169 g/mol. The molecule has 0 N–H and O–H groups in total. The zero-order chi connectivity index (χ0) is 9.07. The van der Waals surface area contributed by atoms with E-state index in [2.05, 4.69) is 11.9 Å². The summed E-state index contributed by atoms with van der Waals surface area (Å²) < 4.78 is 0. The molecule has 0 aromatic rings. The van der Waals surface area contributed by atoms with Crippen LogP contribution in [-0.2, 0) is 0 Å². The smallest absolute Gasteiger partial charge is 0.0385 e. The van der Waals surface area contributed by atoms with E-state index in [1.165, 1.54) is 44.9 Å². The molecule has 0 heterocycles. The average molecular weight is 169 g/mol. The van der Waals surface area contributed by atoms with Gasteiger partial charge in [-0.3, -0.25) is 4.99 Å². The number of hydrogen-bond acceptors (Lipinski definition) is 1. The van der Waals surface area contributed by atoms with Crippen molar-refractivity contribution in [3.8, 4) is 0 Å². The van der Waals surface area contributed by atoms with Gasteiger partial charge in [0.25, 0.3) is 0 Å². The zero-order valence-corrected chi connectivity index (χ0v) is 8.68. The molecule has 0 radical (unpaired) electrons. The quantitative estimate of drug-likeness (QED) is 0.387. The molecule has 1 heteroatoms. The van der Waals surface area contributed by atoms with E-state index in [1.54, 1.807) is 0 Å². The van der Waals surface area contributed by atoms with Crippen molar-refractivity contribution in [1.82, 2.24) is 0 Å². The van der Waals surface area contributed by atoms with E-state index in [-0.39, 0.29) is 0 Å². The van der Waals surface area contributed by atoms with Crippen LogP contribution in [0.1, 0.15) is 58.8 Å². The largest absolute Gasteiger partial charge is 0.298 e. The second-order valence-corrected chi connectivity index (χ2v) is 3.29. The van der Waals surface area contributed by atoms with Gasteiger partial charge in [0.1, 0.15) is 0 Å². The SMILES string of the molecule is C/C=N\CCCCCCCCC. The van der Waals surface area contributed by atoms with Crippen molar-refractivity contribution in [2.45, 2.75) is 58.8 Å². The first-order valence-corrected chi connectivity index (χ1v) is 5.36. The van der Waals surface area contributed by atoms with Crippen molar-refractivity contribution >= 4 is 6.21 Å². The normalized spacial score (nSPS) is 11.2. The van der Waals surface area contributed by atoms with E-state index >= 15 is 0 Å². The van der Waals surface area contributed by atoms with Crippen molar-refractivity contribution in [3.05, 3.63) is 0 Å². The lowest BCUT2D eigenvalue weighted by molar-refractivity contribution is 0.593. The van der Waals surface area contributed by atoms with Gasteiger partial charge in [-0.15, -0.1) is 0 Å². The number of rotatable bonds is 8. The predicted octanol–water partition coefficient (Wildman–Crippen LogP) is 3.83. The van der Waals surface area contributed by atoms with Gasteiger partial charge in [0.05, 0.1) is 0 Å². The number of aliphatic imine (C=N–C) groups is 1. The Labute approximate surface area is 77.3 Å². The van der Waals surface area contributed by atoms with Crippen LogP contribution in [-0.4, -0.2) is 12.8 Å². The summed E-state index contributed by atoms with van der Waals surface area (Å²) in [6, 6.07) is 0. The van der Waals surface area contributed by atoms with Crippen molar-refractivity contribution in [2.75, 3.05) is 6.54 Å². The van der Waals surface area contributed by atoms with Gasteiger partial charge in [0.2, 0.25) is 0 Å². The molecule has 0 aromatic heterocycles. The van der Waals surface area contributed by atoms with Crippen molar-refractivity contribution < 1.29 is 0 Å². The van der Waals surface area contributed by atoms with Crippen LogP contribution in [0.15, 0.2) is 4.99 Å². The van der Waals surface area contributed by atoms with Crippen molar-refractivity contribution in [2.24, 2.45) is 4.99 Å². The molecule has 12 heavy (non-hydrogen) atoms. The molecule has 1 nitrogen and oxygen atoms in total. The highest BCUT2D eigenvalue weighted by atomic mass is 14.7. The first-order chi connectivity index (χ1) is 5.91. The molecular formula is C11H23N. The van der Waals surface area contributed by atoms with Crippen molar-refractivity contribution in [1.29, 1.82) is 0 Å². The van der Waals surface area contributed by atoms with E-state index in [0.29, 0.717) is 0 Å². The second kappa shape index (κ2) is 10.7. The molecule has 0 aliphatic heterocycles. The predicted molar refractivity (Wildman–Crippen MR) is 57.0 cm³/mol. The molecule has 72 valence electrons. The summed E-state index contributed by atoms with van der Waals surface area (Å²) in [5.74, 6) is 0. The number of hydrogen-bond donors (Lipinski definition) is 0. The van der Waals surface area contributed by atoms with Gasteiger partial charge in [-0.2, -0.15) is 0 Å². The lowest BCUT2D eigenvalue weighted by Gasteiger charge is -1.98. The minimum absolute atomic E-state index is 1.03. The minimum Gasteiger partial charge on any atom is -0.298 e. The van der Waals surface area contributed by atoms with Crippen molar-refractivity contribution in [3.63, 3.8) is 0 Å². The summed E-state index contributed by atoms with van der Waals surface area (Å²) in [6.07, 6.45) is 11.5. The van der Waals surface area contributed by atoms with Crippen LogP contribution in [0.5, 0.6) is 0 Å². The van der Waals surface area contributed by atoms with E-state index in [1.807, 2.05) is 13.1 Å². The third-order valence-corrected chi connectivity index (χ3v) is 2.07. The lowest BCUT2D eigenvalue weighted by Crippen LogP contribution is -1.83. The first kappa shape index (κ1) is 11.7. The molecule has 0 rings (SSSR count). The van der Waals surface area contributed by atoms with Gasteiger partial charge < -0.3 is 0 Å². The Morgan fingerprint density at radius 1 is 0.917 bits per heavy atom. The maximum atomic E-state index is 4.18. The van der Waals surface area contributed by atoms with E-state index in [0.717, 1.165) is 6.54 Å². The zero-order valence-electron chi connectivity index (χ0n) is 8.68. The Hall–Kier alpha value is -0.330. The third-order valence-electron chi connectivity index (χ3n) is 2.07. The molecule has 0 unspecified atom stereocenters. The lowest BCUT2D eigenvalue weighted by atomic mass is 10.1. The van der Waals surface area contributed by atoms with Crippen LogP contribution in [0.4, 0.5) is 0 Å². The first-order valence-electron chi connectivity index (χ1n) is 5.36. The highest BCUT2D eigenvalue weighted by molar-refractivity contribution is 5.53. The highest BCUT2D eigenvalue weighted by Crippen LogP contribution is 2.06. The van der Waals surface area contributed by atoms with Crippen LogP contribution in [0.25, 0.3) is 0 Å². The van der Waals surface area contributed by atoms with Crippen LogP contribution in [0.2, 0.25) is 0 Å². The standard InChI is InChI=1S/C11H23N/c1-3-5-6-7-8-9-10-11-12-4-2/h4H,3,5-11H2,1-2H3/b12-4-. The summed E-state index contributed by atoms with van der Waals surface area (Å²) >= 11 is 0. The Morgan fingerprint density at radius 3 is 2.08 bits per heavy atom. The fourth-order valence-corrected chi connectivity index (χ4v) is 1.29. The Balaban J connectivity index is 2.81. The Kier molecular flexibility index (Phi) is 10.4. The van der Waals surface area contributed by atoms with Crippen LogP contribution in [0.3, 0.4) is 0 Å². The summed E-state index contributed by atoms with van der Waals surface area (Å²) in [5, 5.41) is 0. The average Bonchev–Trinajstić information content (AvgIpc) is 2.10. The highest BCUT2D eigenvalue weighted by Gasteiger charge is 1.88. The second-order valence-electron chi connectivity index (χ2n) is 3.29. The Bertz CT molecular complexity index is 97.2. The van der Waals surface area contributed by atoms with E-state index < -0.39 is 0 Å². The van der Waals surface area contributed by atoms with Gasteiger partial charge >= 0.3 is 0 Å². The van der Waals surface area contributed by atoms with Gasteiger partial charge in [0.15, 0.2) is 0 Å². The molecule has 0 aliphatic rings. The number of nitrogens with zero attached hydrogens (tertiary/aromatic N) is 1. The fourth-order valence-electron chi connectivity index (χ4n) is 1.29. The third kappa shape index (κ3) is 9.67. The molecule has 0 aliphatic carbocycles. The molecule has 0 fully saturated rings. The molecule has 0 atom stereocenters. The topological polar surface area (TPSA) is 12.4 Å². The summed E-state index contributed by atoms with van der Waals surface area (Å²) in [6.45, 7) is 5.28. The maximum Gasteiger partial charge on any atom is 0.0385 e. The van der Waals surface area contributed by atoms with E-state index in [4.69, 9.17) is 0 Å². The molecule has 0 bridgehead atoms. The fraction of sp³-hybridized carbons (Fsp3) is 0.909. The summed E-state index contributed by atoms with van der Waals surface area (Å²) in [5.41, 5.74) is 0. The molecular weight excluding hydrogens is 146 g/mol. The van der Waals surface area contributed by atoms with E-state index in [9.17, 15) is 0 Å². The van der Waals surface area contributed by atoms with Crippen LogP contribution in [0, 0.1) is 0 Å². The molecule has 0 amide bonds. The van der Waals surface area contributed by atoms with Gasteiger partial charge in [0, 0.05) is 6.54 Å². The molecule has 0 saturated heterocycles. The molecule has 0 spiro atoms.